The smallest absolute Gasteiger partial charge is 0.338 e. The molecule has 0 N–H and O–H groups in total. The minimum Gasteiger partial charge on any atom is -0.467 e. The Balaban J connectivity index is 1.72. The first-order valence-corrected chi connectivity index (χ1v) is 12.4. The number of amides is 1. The maximum atomic E-state index is 13.4. The van der Waals surface area contributed by atoms with E-state index in [1.165, 1.54) is 39.7 Å². The molecule has 0 fully saturated rings. The Morgan fingerprint density at radius 2 is 1.76 bits per heavy atom. The number of hydrogen-bond donors (Lipinski definition) is 0. The average molecular weight is 485 g/mol. The van der Waals surface area contributed by atoms with E-state index < -0.39 is 28.5 Å². The van der Waals surface area contributed by atoms with E-state index in [0.717, 1.165) is 6.42 Å². The molecule has 9 heteroatoms. The largest absolute Gasteiger partial charge is 0.467 e. The summed E-state index contributed by atoms with van der Waals surface area (Å²) in [6.07, 6.45) is 3.02. The summed E-state index contributed by atoms with van der Waals surface area (Å²) in [4.78, 5) is 26.2. The number of likely N-dealkylation sites (N-methyl/N-ethyl adjacent to an activating group) is 1. The number of ether oxygens (including phenoxy) is 1. The van der Waals surface area contributed by atoms with Gasteiger partial charge in [-0.2, -0.15) is 0 Å². The van der Waals surface area contributed by atoms with Gasteiger partial charge in [-0.05, 0) is 48.9 Å². The molecule has 0 aliphatic heterocycles. The normalized spacial score (nSPS) is 11.1. The van der Waals surface area contributed by atoms with Crippen molar-refractivity contribution in [3.8, 4) is 0 Å². The third-order valence-electron chi connectivity index (χ3n) is 5.14. The van der Waals surface area contributed by atoms with Crippen LogP contribution in [0.4, 0.5) is 5.69 Å². The van der Waals surface area contributed by atoms with Crippen LogP contribution in [0, 0.1) is 0 Å². The second kappa shape index (κ2) is 11.5. The molecule has 34 heavy (non-hydrogen) atoms. The van der Waals surface area contributed by atoms with Gasteiger partial charge < -0.3 is 14.1 Å². The molecule has 8 nitrogen and oxygen atoms in total. The Hall–Kier alpha value is -3.59. The molecule has 1 heterocycles. The average Bonchev–Trinajstić information content (AvgIpc) is 3.36. The third-order valence-corrected chi connectivity index (χ3v) is 6.97. The monoisotopic (exact) mass is 484 g/mol. The molecule has 180 valence electrons. The van der Waals surface area contributed by atoms with Crippen molar-refractivity contribution in [1.82, 2.24) is 4.90 Å². The predicted molar refractivity (Wildman–Crippen MR) is 128 cm³/mol. The summed E-state index contributed by atoms with van der Waals surface area (Å²) in [7, 11) is -2.35. The van der Waals surface area contributed by atoms with Crippen molar-refractivity contribution in [3.63, 3.8) is 0 Å². The van der Waals surface area contributed by atoms with Gasteiger partial charge in [0, 0.05) is 13.6 Å². The SMILES string of the molecule is CCCCN(c1ccccc1)S(=O)(=O)c1cccc(C(=O)OCC(=O)N(C)Cc2ccco2)c1. The lowest BCUT2D eigenvalue weighted by atomic mass is 10.2. The predicted octanol–water partition coefficient (Wildman–Crippen LogP) is 4.09. The molecule has 0 saturated heterocycles. The lowest BCUT2D eigenvalue weighted by Gasteiger charge is -2.24. The fourth-order valence-electron chi connectivity index (χ4n) is 3.24. The van der Waals surface area contributed by atoms with E-state index in [1.807, 2.05) is 13.0 Å². The third kappa shape index (κ3) is 6.26. The zero-order chi connectivity index (χ0) is 24.6. The van der Waals surface area contributed by atoms with Gasteiger partial charge in [0.1, 0.15) is 5.76 Å². The van der Waals surface area contributed by atoms with E-state index in [9.17, 15) is 18.0 Å². The van der Waals surface area contributed by atoms with Crippen molar-refractivity contribution in [2.45, 2.75) is 31.2 Å². The fourth-order valence-corrected chi connectivity index (χ4v) is 4.79. The van der Waals surface area contributed by atoms with Crippen molar-refractivity contribution in [3.05, 3.63) is 84.3 Å². The van der Waals surface area contributed by atoms with Crippen molar-refractivity contribution >= 4 is 27.6 Å². The number of anilines is 1. The van der Waals surface area contributed by atoms with Gasteiger partial charge in [-0.3, -0.25) is 9.10 Å². The van der Waals surface area contributed by atoms with Gasteiger partial charge in [-0.1, -0.05) is 37.6 Å². The number of nitrogens with zero attached hydrogens (tertiary/aromatic N) is 2. The Morgan fingerprint density at radius 1 is 1.00 bits per heavy atom. The molecule has 0 saturated carbocycles. The van der Waals surface area contributed by atoms with Gasteiger partial charge in [-0.25, -0.2) is 13.2 Å². The van der Waals surface area contributed by atoms with E-state index in [0.29, 0.717) is 24.4 Å². The Morgan fingerprint density at radius 3 is 2.44 bits per heavy atom. The van der Waals surface area contributed by atoms with Crippen LogP contribution in [0.15, 0.2) is 82.3 Å². The van der Waals surface area contributed by atoms with Crippen LogP contribution in [0.5, 0.6) is 0 Å². The quantitative estimate of drug-likeness (QED) is 0.380. The summed E-state index contributed by atoms with van der Waals surface area (Å²) in [5.41, 5.74) is 0.597. The van der Waals surface area contributed by atoms with Crippen LogP contribution in [0.3, 0.4) is 0 Å². The highest BCUT2D eigenvalue weighted by Crippen LogP contribution is 2.25. The maximum Gasteiger partial charge on any atom is 0.338 e. The van der Waals surface area contributed by atoms with Gasteiger partial charge in [0.15, 0.2) is 6.61 Å². The van der Waals surface area contributed by atoms with Crippen LogP contribution < -0.4 is 4.31 Å². The van der Waals surface area contributed by atoms with Crippen LogP contribution in [-0.4, -0.2) is 45.4 Å². The van der Waals surface area contributed by atoms with Gasteiger partial charge in [0.2, 0.25) is 0 Å². The standard InChI is InChI=1S/C25H28N2O6S/c1-3-4-15-27(21-11-6-5-7-12-21)34(30,31)23-14-8-10-20(17-23)25(29)33-19-24(28)26(2)18-22-13-9-16-32-22/h5-14,16-17H,3-4,15,18-19H2,1-2H3. The minimum absolute atomic E-state index is 0.0248. The summed E-state index contributed by atoms with van der Waals surface area (Å²) in [5, 5.41) is 0. The molecule has 0 bridgehead atoms. The lowest BCUT2D eigenvalue weighted by Crippen LogP contribution is -2.32. The van der Waals surface area contributed by atoms with Gasteiger partial charge in [0.05, 0.1) is 29.0 Å². The number of carbonyl (C=O) groups excluding carboxylic acids is 2. The van der Waals surface area contributed by atoms with Crippen molar-refractivity contribution < 1.29 is 27.2 Å². The van der Waals surface area contributed by atoms with Crippen LogP contribution in [0.1, 0.15) is 35.9 Å². The van der Waals surface area contributed by atoms with Gasteiger partial charge in [-0.15, -0.1) is 0 Å². The summed E-state index contributed by atoms with van der Waals surface area (Å²) in [5.74, 6) is -0.592. The van der Waals surface area contributed by atoms with Gasteiger partial charge in [0.25, 0.3) is 15.9 Å². The zero-order valence-corrected chi connectivity index (χ0v) is 20.0. The molecular formula is C25H28N2O6S. The number of rotatable bonds is 11. The summed E-state index contributed by atoms with van der Waals surface area (Å²) >= 11 is 0. The molecule has 0 aliphatic rings. The second-order valence-corrected chi connectivity index (χ2v) is 9.56. The lowest BCUT2D eigenvalue weighted by molar-refractivity contribution is -0.133. The zero-order valence-electron chi connectivity index (χ0n) is 19.2. The molecule has 0 unspecified atom stereocenters. The van der Waals surface area contributed by atoms with E-state index in [4.69, 9.17) is 9.15 Å². The van der Waals surface area contributed by atoms with Crippen LogP contribution >= 0.6 is 0 Å². The number of hydrogen-bond acceptors (Lipinski definition) is 6. The first-order valence-electron chi connectivity index (χ1n) is 10.9. The maximum absolute atomic E-state index is 13.4. The van der Waals surface area contributed by atoms with Crippen molar-refractivity contribution in [2.24, 2.45) is 0 Å². The molecule has 1 amide bonds. The number of carbonyl (C=O) groups is 2. The molecular weight excluding hydrogens is 456 g/mol. The Kier molecular flexibility index (Phi) is 8.48. The molecule has 0 atom stereocenters. The number of esters is 1. The fraction of sp³-hybridized carbons (Fsp3) is 0.280. The first-order chi connectivity index (χ1) is 16.3. The molecule has 3 aromatic rings. The molecule has 2 aromatic carbocycles. The minimum atomic E-state index is -3.92. The van der Waals surface area contributed by atoms with Crippen LogP contribution in [0.25, 0.3) is 0 Å². The highest BCUT2D eigenvalue weighted by molar-refractivity contribution is 7.92. The molecule has 3 rings (SSSR count). The van der Waals surface area contributed by atoms with E-state index in [2.05, 4.69) is 0 Å². The summed E-state index contributed by atoms with van der Waals surface area (Å²) in [6, 6.07) is 17.9. The second-order valence-electron chi connectivity index (χ2n) is 7.70. The van der Waals surface area contributed by atoms with Crippen molar-refractivity contribution in [1.29, 1.82) is 0 Å². The van der Waals surface area contributed by atoms with Gasteiger partial charge >= 0.3 is 5.97 Å². The number of para-hydroxylation sites is 1. The number of furan rings is 1. The molecule has 0 spiro atoms. The number of unbranched alkanes of at least 4 members (excludes halogenated alkanes) is 1. The van der Waals surface area contributed by atoms with E-state index in [1.54, 1.807) is 43.4 Å². The topological polar surface area (TPSA) is 97.1 Å². The highest BCUT2D eigenvalue weighted by atomic mass is 32.2. The summed E-state index contributed by atoms with van der Waals surface area (Å²) in [6.45, 7) is 2.07. The van der Waals surface area contributed by atoms with Crippen molar-refractivity contribution in [2.75, 3.05) is 24.5 Å². The van der Waals surface area contributed by atoms with E-state index in [-0.39, 0.29) is 17.0 Å². The highest BCUT2D eigenvalue weighted by Gasteiger charge is 2.26. The molecule has 0 radical (unpaired) electrons. The van der Waals surface area contributed by atoms with Crippen LogP contribution in [0.2, 0.25) is 0 Å². The first kappa shape index (κ1) is 25.0. The Labute approximate surface area is 199 Å². The van der Waals surface area contributed by atoms with Crippen LogP contribution in [-0.2, 0) is 26.1 Å². The molecule has 0 aliphatic carbocycles. The Bertz CT molecular complexity index is 1190. The number of benzene rings is 2. The van der Waals surface area contributed by atoms with E-state index >= 15 is 0 Å². The number of sulfonamides is 1. The summed E-state index contributed by atoms with van der Waals surface area (Å²) < 4.78 is 38.5. The molecule has 1 aromatic heterocycles.